The van der Waals surface area contributed by atoms with Crippen molar-refractivity contribution in [3.05, 3.63) is 87.4 Å². The van der Waals surface area contributed by atoms with Crippen LogP contribution in [0.5, 0.6) is 11.5 Å². The van der Waals surface area contributed by atoms with Gasteiger partial charge in [-0.3, -0.25) is 9.59 Å². The highest BCUT2D eigenvalue weighted by molar-refractivity contribution is 9.10. The van der Waals surface area contributed by atoms with Gasteiger partial charge in [-0.1, -0.05) is 30.3 Å². The molecule has 7 nitrogen and oxygen atoms in total. The van der Waals surface area contributed by atoms with Crippen LogP contribution in [0.2, 0.25) is 0 Å². The second-order valence-electron chi connectivity index (χ2n) is 7.61. The number of carbonyl (C=O) groups is 2. The SMILES string of the molecule is COc1cc(/C=C(\C#N)C(=O)Nc2cccc(C)c2C)cc(Br)c1OCC(=O)Nc1ccccc1. The minimum atomic E-state index is -0.519. The van der Waals surface area contributed by atoms with Crippen LogP contribution in [-0.4, -0.2) is 25.5 Å². The third kappa shape index (κ3) is 6.71. The Hall–Kier alpha value is -4.09. The summed E-state index contributed by atoms with van der Waals surface area (Å²) in [6.45, 7) is 3.62. The average Bonchev–Trinajstić information content (AvgIpc) is 2.84. The lowest BCUT2D eigenvalue weighted by atomic mass is 10.1. The van der Waals surface area contributed by atoms with Gasteiger partial charge >= 0.3 is 0 Å². The van der Waals surface area contributed by atoms with Gasteiger partial charge in [0.05, 0.1) is 11.6 Å². The minimum absolute atomic E-state index is 0.0734. The molecule has 0 aliphatic heterocycles. The van der Waals surface area contributed by atoms with Crippen LogP contribution >= 0.6 is 15.9 Å². The lowest BCUT2D eigenvalue weighted by molar-refractivity contribution is -0.118. The molecular weight excluding hydrogens is 510 g/mol. The zero-order chi connectivity index (χ0) is 25.4. The summed E-state index contributed by atoms with van der Waals surface area (Å²) >= 11 is 3.43. The molecule has 8 heteroatoms. The number of nitrogens with zero attached hydrogens (tertiary/aromatic N) is 1. The van der Waals surface area contributed by atoms with E-state index in [-0.39, 0.29) is 18.1 Å². The van der Waals surface area contributed by atoms with Crippen molar-refractivity contribution in [3.63, 3.8) is 0 Å². The van der Waals surface area contributed by atoms with Crippen molar-refractivity contribution in [2.45, 2.75) is 13.8 Å². The van der Waals surface area contributed by atoms with Gasteiger partial charge in [0.2, 0.25) is 0 Å². The molecule has 3 aromatic carbocycles. The first-order valence-corrected chi connectivity index (χ1v) is 11.5. The highest BCUT2D eigenvalue weighted by Gasteiger charge is 2.16. The molecule has 0 fully saturated rings. The summed E-state index contributed by atoms with van der Waals surface area (Å²) in [5.41, 5.74) is 3.74. The maximum Gasteiger partial charge on any atom is 0.266 e. The molecule has 0 heterocycles. The van der Waals surface area contributed by atoms with Gasteiger partial charge in [-0.25, -0.2) is 0 Å². The monoisotopic (exact) mass is 533 g/mol. The van der Waals surface area contributed by atoms with Crippen LogP contribution < -0.4 is 20.1 Å². The van der Waals surface area contributed by atoms with E-state index in [0.717, 1.165) is 11.1 Å². The Bertz CT molecular complexity index is 1310. The van der Waals surface area contributed by atoms with E-state index in [2.05, 4.69) is 26.6 Å². The van der Waals surface area contributed by atoms with E-state index in [4.69, 9.17) is 9.47 Å². The molecule has 0 saturated carbocycles. The van der Waals surface area contributed by atoms with Gasteiger partial charge in [0.15, 0.2) is 18.1 Å². The Morgan fingerprint density at radius 2 is 1.80 bits per heavy atom. The number of hydrogen-bond acceptors (Lipinski definition) is 5. The van der Waals surface area contributed by atoms with E-state index in [1.807, 2.05) is 50.2 Å². The van der Waals surface area contributed by atoms with Crippen LogP contribution in [0.3, 0.4) is 0 Å². The summed E-state index contributed by atoms with van der Waals surface area (Å²) in [4.78, 5) is 25.0. The molecule has 2 amide bonds. The fourth-order valence-corrected chi connectivity index (χ4v) is 3.79. The number of hydrogen-bond donors (Lipinski definition) is 2. The third-order valence-corrected chi connectivity index (χ3v) is 5.77. The Kier molecular flexibility index (Phi) is 8.65. The van der Waals surface area contributed by atoms with E-state index in [0.29, 0.717) is 32.9 Å². The topological polar surface area (TPSA) is 100 Å². The van der Waals surface area contributed by atoms with Crippen LogP contribution in [-0.2, 0) is 9.59 Å². The fraction of sp³-hybridized carbons (Fsp3) is 0.148. The standard InChI is InChI=1S/C27H24BrN3O4/c1-17-8-7-11-23(18(17)2)31-27(33)20(15-29)12-19-13-22(28)26(24(14-19)34-3)35-16-25(32)30-21-9-5-4-6-10-21/h4-14H,16H2,1-3H3,(H,30,32)(H,31,33)/b20-12+. The van der Waals surface area contributed by atoms with E-state index < -0.39 is 5.91 Å². The number of rotatable bonds is 8. The molecule has 0 atom stereocenters. The van der Waals surface area contributed by atoms with E-state index in [1.54, 1.807) is 30.3 Å². The Balaban J connectivity index is 1.76. The van der Waals surface area contributed by atoms with Crippen LogP contribution in [0.25, 0.3) is 6.08 Å². The van der Waals surface area contributed by atoms with Gasteiger partial charge in [-0.05, 0) is 82.9 Å². The van der Waals surface area contributed by atoms with Gasteiger partial charge in [-0.2, -0.15) is 5.26 Å². The molecule has 0 aromatic heterocycles. The minimum Gasteiger partial charge on any atom is -0.493 e. The van der Waals surface area contributed by atoms with Crippen LogP contribution in [0.1, 0.15) is 16.7 Å². The lowest BCUT2D eigenvalue weighted by Gasteiger charge is -2.14. The van der Waals surface area contributed by atoms with Crippen LogP contribution in [0.15, 0.2) is 70.7 Å². The molecule has 3 rings (SSSR count). The first-order chi connectivity index (χ1) is 16.8. The molecule has 0 aliphatic carbocycles. The third-order valence-electron chi connectivity index (χ3n) is 5.19. The number of methoxy groups -OCH3 is 1. The second kappa shape index (κ2) is 11.9. The molecule has 178 valence electrons. The number of amides is 2. The molecular formula is C27H24BrN3O4. The number of ether oxygens (including phenoxy) is 2. The zero-order valence-electron chi connectivity index (χ0n) is 19.5. The summed E-state index contributed by atoms with van der Waals surface area (Å²) in [6.07, 6.45) is 1.46. The van der Waals surface area contributed by atoms with Crippen molar-refractivity contribution in [2.24, 2.45) is 0 Å². The molecule has 0 bridgehead atoms. The van der Waals surface area contributed by atoms with E-state index >= 15 is 0 Å². The number of para-hydroxylation sites is 1. The summed E-state index contributed by atoms with van der Waals surface area (Å²) in [5.74, 6) is -0.185. The molecule has 0 radical (unpaired) electrons. The van der Waals surface area contributed by atoms with E-state index in [1.165, 1.54) is 13.2 Å². The summed E-state index contributed by atoms with van der Waals surface area (Å²) in [5, 5.41) is 15.1. The smallest absolute Gasteiger partial charge is 0.266 e. The maximum absolute atomic E-state index is 12.7. The Morgan fingerprint density at radius 3 is 2.49 bits per heavy atom. The normalized spacial score (nSPS) is 10.8. The van der Waals surface area contributed by atoms with E-state index in [9.17, 15) is 14.9 Å². The van der Waals surface area contributed by atoms with Gasteiger partial charge in [0.25, 0.3) is 11.8 Å². The number of halogens is 1. The van der Waals surface area contributed by atoms with Gasteiger partial charge in [0.1, 0.15) is 11.6 Å². The number of aryl methyl sites for hydroxylation is 1. The van der Waals surface area contributed by atoms with Crippen LogP contribution in [0.4, 0.5) is 11.4 Å². The zero-order valence-corrected chi connectivity index (χ0v) is 21.1. The highest BCUT2D eigenvalue weighted by Crippen LogP contribution is 2.37. The van der Waals surface area contributed by atoms with Crippen molar-refractivity contribution in [1.29, 1.82) is 5.26 Å². The number of nitrogens with one attached hydrogen (secondary N) is 2. The average molecular weight is 534 g/mol. The van der Waals surface area contributed by atoms with Crippen molar-refractivity contribution in [2.75, 3.05) is 24.4 Å². The molecule has 35 heavy (non-hydrogen) atoms. The van der Waals surface area contributed by atoms with Crippen LogP contribution in [0, 0.1) is 25.2 Å². The fourth-order valence-electron chi connectivity index (χ4n) is 3.21. The predicted molar refractivity (Wildman–Crippen MR) is 139 cm³/mol. The summed E-state index contributed by atoms with van der Waals surface area (Å²) in [6, 6.07) is 19.9. The second-order valence-corrected chi connectivity index (χ2v) is 8.46. The number of carbonyl (C=O) groups excluding carboxylic acids is 2. The molecule has 0 unspecified atom stereocenters. The number of nitriles is 1. The largest absolute Gasteiger partial charge is 0.493 e. The maximum atomic E-state index is 12.7. The number of anilines is 2. The van der Waals surface area contributed by atoms with Gasteiger partial charge in [0, 0.05) is 11.4 Å². The molecule has 0 spiro atoms. The van der Waals surface area contributed by atoms with Gasteiger partial charge in [-0.15, -0.1) is 0 Å². The first-order valence-electron chi connectivity index (χ1n) is 10.7. The first kappa shape index (κ1) is 25.5. The predicted octanol–water partition coefficient (Wildman–Crippen LogP) is 5.64. The molecule has 3 aromatic rings. The Labute approximate surface area is 212 Å². The van der Waals surface area contributed by atoms with Crippen molar-refractivity contribution in [3.8, 4) is 17.6 Å². The Morgan fingerprint density at radius 1 is 1.06 bits per heavy atom. The van der Waals surface area contributed by atoms with Gasteiger partial charge < -0.3 is 20.1 Å². The lowest BCUT2D eigenvalue weighted by Crippen LogP contribution is -2.20. The highest BCUT2D eigenvalue weighted by atomic mass is 79.9. The number of benzene rings is 3. The van der Waals surface area contributed by atoms with Crippen molar-refractivity contribution in [1.82, 2.24) is 0 Å². The molecule has 0 saturated heterocycles. The summed E-state index contributed by atoms with van der Waals surface area (Å²) in [7, 11) is 1.46. The molecule has 0 aliphatic rings. The summed E-state index contributed by atoms with van der Waals surface area (Å²) < 4.78 is 11.6. The quantitative estimate of drug-likeness (QED) is 0.288. The van der Waals surface area contributed by atoms with Crippen molar-refractivity contribution < 1.29 is 19.1 Å². The molecule has 2 N–H and O–H groups in total. The van der Waals surface area contributed by atoms with Crippen molar-refractivity contribution >= 4 is 45.2 Å².